The molecule has 0 spiro atoms. The van der Waals surface area contributed by atoms with Gasteiger partial charge in [0.1, 0.15) is 0 Å². The number of fused-ring (bicyclic) bond motifs is 1. The van der Waals surface area contributed by atoms with E-state index in [1.165, 1.54) is 5.56 Å². The van der Waals surface area contributed by atoms with Crippen molar-refractivity contribution in [2.45, 2.75) is 43.6 Å². The van der Waals surface area contributed by atoms with E-state index in [9.17, 15) is 9.00 Å². The SMILES string of the molecule is COc1cc(-c2ccc3c(c2NC(=O)NS(=O)c2ccn(CCCB(O)O)n2)CCC3)ccn1. The summed E-state index contributed by atoms with van der Waals surface area (Å²) in [5.74, 6) is 0.471. The van der Waals surface area contributed by atoms with Crippen molar-refractivity contribution in [1.29, 1.82) is 0 Å². The number of carbonyl (C=O) groups excluding carboxylic acids is 1. The highest BCUT2D eigenvalue weighted by molar-refractivity contribution is 7.83. The number of rotatable bonds is 9. The number of methoxy groups -OCH3 is 1. The molecule has 0 fully saturated rings. The van der Waals surface area contributed by atoms with Crippen LogP contribution < -0.4 is 14.8 Å². The van der Waals surface area contributed by atoms with Crippen molar-refractivity contribution in [3.63, 3.8) is 0 Å². The average molecular weight is 483 g/mol. The van der Waals surface area contributed by atoms with Crippen molar-refractivity contribution in [3.05, 3.63) is 53.9 Å². The molecule has 2 heterocycles. The molecule has 2 aromatic heterocycles. The van der Waals surface area contributed by atoms with E-state index < -0.39 is 24.1 Å². The molecule has 10 nitrogen and oxygen atoms in total. The first-order chi connectivity index (χ1) is 16.4. The van der Waals surface area contributed by atoms with Crippen LogP contribution in [0.25, 0.3) is 11.1 Å². The molecule has 1 atom stereocenters. The fourth-order valence-corrected chi connectivity index (χ4v) is 4.70. The zero-order valence-electron chi connectivity index (χ0n) is 18.7. The molecule has 3 aromatic rings. The maximum Gasteiger partial charge on any atom is 0.451 e. The molecule has 1 aromatic carbocycles. The third-order valence-corrected chi connectivity index (χ3v) is 6.59. The van der Waals surface area contributed by atoms with E-state index >= 15 is 0 Å². The molecule has 1 aliphatic rings. The lowest BCUT2D eigenvalue weighted by molar-refractivity contribution is 0.257. The number of ether oxygens (including phenoxy) is 1. The zero-order chi connectivity index (χ0) is 24.1. The van der Waals surface area contributed by atoms with Crippen molar-refractivity contribution in [2.75, 3.05) is 12.4 Å². The lowest BCUT2D eigenvalue weighted by atomic mass is 9.85. The quantitative estimate of drug-likeness (QED) is 0.342. The van der Waals surface area contributed by atoms with Gasteiger partial charge in [0.05, 0.1) is 12.8 Å². The van der Waals surface area contributed by atoms with Crippen molar-refractivity contribution in [3.8, 4) is 17.0 Å². The number of urea groups is 1. The molecule has 4 N–H and O–H groups in total. The van der Waals surface area contributed by atoms with E-state index in [0.29, 0.717) is 24.5 Å². The van der Waals surface area contributed by atoms with Gasteiger partial charge in [0, 0.05) is 30.6 Å². The third kappa shape index (κ3) is 5.64. The summed E-state index contributed by atoms with van der Waals surface area (Å²) in [5, 5.41) is 25.2. The summed E-state index contributed by atoms with van der Waals surface area (Å²) in [6.45, 7) is 0.440. The van der Waals surface area contributed by atoms with Crippen LogP contribution in [0.4, 0.5) is 10.5 Å². The van der Waals surface area contributed by atoms with Gasteiger partial charge in [-0.05, 0) is 60.8 Å². The lowest BCUT2D eigenvalue weighted by Crippen LogP contribution is -2.31. The summed E-state index contributed by atoms with van der Waals surface area (Å²) in [6, 6.07) is 8.66. The first kappa shape index (κ1) is 23.9. The number of benzene rings is 1. The molecule has 0 radical (unpaired) electrons. The topological polar surface area (TPSA) is 139 Å². The Bertz CT molecular complexity index is 1200. The van der Waals surface area contributed by atoms with Crippen LogP contribution in [-0.2, 0) is 30.4 Å². The van der Waals surface area contributed by atoms with Gasteiger partial charge in [-0.25, -0.2) is 14.0 Å². The van der Waals surface area contributed by atoms with Crippen LogP contribution in [0.5, 0.6) is 5.88 Å². The highest BCUT2D eigenvalue weighted by Crippen LogP contribution is 2.38. The summed E-state index contributed by atoms with van der Waals surface area (Å²) < 4.78 is 21.9. The standard InChI is InChI=1S/C22H26BN5O5S/c1-33-19-14-16(8-11-24-19)18-7-6-15-4-2-5-17(15)21(18)25-22(29)27-34(32)20-9-13-28(26-20)12-3-10-23(30)31/h6-9,11,13-14,30-31H,2-5,10,12H2,1H3,(H2,25,27,29). The van der Waals surface area contributed by atoms with E-state index in [4.69, 9.17) is 14.8 Å². The minimum absolute atomic E-state index is 0.206. The normalized spacial score (nSPS) is 13.3. The highest BCUT2D eigenvalue weighted by atomic mass is 32.2. The van der Waals surface area contributed by atoms with Crippen molar-refractivity contribution in [2.24, 2.45) is 0 Å². The maximum absolute atomic E-state index is 12.8. The Labute approximate surface area is 200 Å². The monoisotopic (exact) mass is 483 g/mol. The molecule has 1 aliphatic carbocycles. The number of hydrogen-bond acceptors (Lipinski definition) is 7. The number of pyridine rings is 1. The zero-order valence-corrected chi connectivity index (χ0v) is 19.5. The van der Waals surface area contributed by atoms with Gasteiger partial charge in [0.15, 0.2) is 16.0 Å². The predicted octanol–water partition coefficient (Wildman–Crippen LogP) is 2.15. The fourth-order valence-electron chi connectivity index (χ4n) is 4.02. The van der Waals surface area contributed by atoms with Crippen LogP contribution in [0.15, 0.2) is 47.8 Å². The van der Waals surface area contributed by atoms with Crippen LogP contribution in [0.1, 0.15) is 24.0 Å². The Kier molecular flexibility index (Phi) is 7.61. The van der Waals surface area contributed by atoms with Gasteiger partial charge in [-0.3, -0.25) is 9.40 Å². The van der Waals surface area contributed by atoms with Crippen molar-refractivity contribution in [1.82, 2.24) is 19.5 Å². The summed E-state index contributed by atoms with van der Waals surface area (Å²) in [4.78, 5) is 17.0. The highest BCUT2D eigenvalue weighted by Gasteiger charge is 2.22. The first-order valence-corrected chi connectivity index (χ1v) is 12.1. The van der Waals surface area contributed by atoms with Gasteiger partial charge in [-0.1, -0.05) is 12.1 Å². The smallest absolute Gasteiger partial charge is 0.451 e. The average Bonchev–Trinajstić information content (AvgIpc) is 3.49. The van der Waals surface area contributed by atoms with E-state index in [1.807, 2.05) is 12.1 Å². The van der Waals surface area contributed by atoms with Crippen molar-refractivity contribution >= 4 is 29.8 Å². The number of amides is 2. The molecule has 0 saturated heterocycles. The van der Waals surface area contributed by atoms with Gasteiger partial charge in [-0.2, -0.15) is 5.10 Å². The number of hydrogen-bond donors (Lipinski definition) is 4. The second-order valence-electron chi connectivity index (χ2n) is 7.93. The molecule has 12 heteroatoms. The van der Waals surface area contributed by atoms with E-state index in [0.717, 1.165) is 36.0 Å². The molecular formula is C22H26BN5O5S. The van der Waals surface area contributed by atoms with Gasteiger partial charge in [0.2, 0.25) is 5.88 Å². The van der Waals surface area contributed by atoms with Crippen LogP contribution in [0, 0.1) is 0 Å². The second-order valence-corrected chi connectivity index (χ2v) is 9.09. The summed E-state index contributed by atoms with van der Waals surface area (Å²) in [6.07, 6.45) is 6.80. The molecule has 34 heavy (non-hydrogen) atoms. The first-order valence-electron chi connectivity index (χ1n) is 11.0. The number of nitrogens with one attached hydrogen (secondary N) is 2. The van der Waals surface area contributed by atoms with E-state index in [2.05, 4.69) is 26.2 Å². The van der Waals surface area contributed by atoms with Gasteiger partial charge < -0.3 is 20.1 Å². The number of aryl methyl sites for hydroxylation is 2. The Morgan fingerprint density at radius 2 is 2.12 bits per heavy atom. The molecular weight excluding hydrogens is 457 g/mol. The third-order valence-electron chi connectivity index (χ3n) is 5.62. The number of aromatic nitrogens is 3. The maximum atomic E-state index is 12.8. The van der Waals surface area contributed by atoms with Crippen LogP contribution in [0.3, 0.4) is 0 Å². The minimum atomic E-state index is -1.86. The fraction of sp³-hybridized carbons (Fsp3) is 0.318. The minimum Gasteiger partial charge on any atom is -0.481 e. The van der Waals surface area contributed by atoms with Crippen molar-refractivity contribution < 1.29 is 23.8 Å². The summed E-state index contributed by atoms with van der Waals surface area (Å²) in [7, 11) is -1.68. The Morgan fingerprint density at radius 1 is 1.26 bits per heavy atom. The number of anilines is 1. The molecule has 1 unspecified atom stereocenters. The summed E-state index contributed by atoms with van der Waals surface area (Å²) >= 11 is 0. The lowest BCUT2D eigenvalue weighted by Gasteiger charge is -2.16. The van der Waals surface area contributed by atoms with Gasteiger partial charge >= 0.3 is 13.1 Å². The van der Waals surface area contributed by atoms with Gasteiger partial charge in [0.25, 0.3) is 0 Å². The number of carbonyl (C=O) groups is 1. The Morgan fingerprint density at radius 3 is 2.91 bits per heavy atom. The Hall–Kier alpha value is -3.22. The molecule has 0 aliphatic heterocycles. The summed E-state index contributed by atoms with van der Waals surface area (Å²) in [5.41, 5.74) is 4.63. The largest absolute Gasteiger partial charge is 0.481 e. The second kappa shape index (κ2) is 10.8. The molecule has 4 rings (SSSR count). The molecule has 0 bridgehead atoms. The van der Waals surface area contributed by atoms with Crippen LogP contribution >= 0.6 is 0 Å². The van der Waals surface area contributed by atoms with Crippen LogP contribution in [0.2, 0.25) is 6.32 Å². The Balaban J connectivity index is 1.49. The van der Waals surface area contributed by atoms with Gasteiger partial charge in [-0.15, -0.1) is 0 Å². The number of nitrogens with zero attached hydrogens (tertiary/aromatic N) is 3. The van der Waals surface area contributed by atoms with E-state index in [-0.39, 0.29) is 11.3 Å². The molecule has 2 amide bonds. The van der Waals surface area contributed by atoms with E-state index in [1.54, 1.807) is 36.3 Å². The molecule has 178 valence electrons. The van der Waals surface area contributed by atoms with Crippen LogP contribution in [-0.4, -0.2) is 49.3 Å². The predicted molar refractivity (Wildman–Crippen MR) is 129 cm³/mol. The molecule has 0 saturated carbocycles.